The molecule has 36 heavy (non-hydrogen) atoms. The number of benzene rings is 2. The van der Waals surface area contributed by atoms with Gasteiger partial charge in [0.2, 0.25) is 0 Å². The molecule has 0 fully saturated rings. The lowest BCUT2D eigenvalue weighted by Crippen LogP contribution is -2.42. The Balaban J connectivity index is 1.81. The predicted octanol–water partition coefficient (Wildman–Crippen LogP) is 7.30. The van der Waals surface area contributed by atoms with Crippen molar-refractivity contribution in [2.24, 2.45) is 5.73 Å². The van der Waals surface area contributed by atoms with E-state index < -0.39 is 10.8 Å². The lowest BCUT2D eigenvalue weighted by Gasteiger charge is -2.38. The number of ether oxygens (including phenoxy) is 3. The van der Waals surface area contributed by atoms with E-state index in [2.05, 4.69) is 40.9 Å². The van der Waals surface area contributed by atoms with Crippen LogP contribution in [0.1, 0.15) is 52.3 Å². The molecule has 2 N–H and O–H groups in total. The van der Waals surface area contributed by atoms with E-state index in [0.29, 0.717) is 18.1 Å². The molecule has 5 nitrogen and oxygen atoms in total. The van der Waals surface area contributed by atoms with E-state index >= 15 is 0 Å². The number of hydrogen-bond acceptors (Lipinski definition) is 5. The summed E-state index contributed by atoms with van der Waals surface area (Å²) in [5.41, 5.74) is 12.4. The first-order valence-electron chi connectivity index (χ1n) is 12.1. The fraction of sp³-hybridized carbons (Fsp3) is 0.367. The molecule has 1 aliphatic heterocycles. The van der Waals surface area contributed by atoms with Crippen LogP contribution in [0.15, 0.2) is 42.3 Å². The fourth-order valence-electron chi connectivity index (χ4n) is 4.67. The number of carbonyl (C=O) groups is 1. The highest BCUT2D eigenvalue weighted by molar-refractivity contribution is 8.17. The molecule has 2 aromatic carbocycles. The lowest BCUT2D eigenvalue weighted by atomic mass is 9.87. The Bertz CT molecular complexity index is 1210. The maximum Gasteiger partial charge on any atom is 0.281 e. The summed E-state index contributed by atoms with van der Waals surface area (Å²) >= 11 is 0.963. The molecular weight excluding hydrogens is 470 g/mol. The topological polar surface area (TPSA) is 70.8 Å². The molecule has 1 aliphatic rings. The van der Waals surface area contributed by atoms with Gasteiger partial charge in [0.05, 0.1) is 0 Å². The van der Waals surface area contributed by atoms with Crippen LogP contribution in [0.4, 0.5) is 4.79 Å². The summed E-state index contributed by atoms with van der Waals surface area (Å²) in [4.78, 5) is 12.0. The van der Waals surface area contributed by atoms with Crippen LogP contribution < -0.4 is 19.9 Å². The van der Waals surface area contributed by atoms with Gasteiger partial charge in [-0.3, -0.25) is 4.79 Å². The van der Waals surface area contributed by atoms with Gasteiger partial charge in [0, 0.05) is 10.5 Å². The minimum Gasteiger partial charge on any atom is -0.489 e. The van der Waals surface area contributed by atoms with Gasteiger partial charge in [-0.15, -0.1) is 0 Å². The summed E-state index contributed by atoms with van der Waals surface area (Å²) in [5.74, 6) is 2.73. The normalized spacial score (nSPS) is 17.1. The van der Waals surface area contributed by atoms with Crippen LogP contribution in [0.2, 0.25) is 0 Å². The molecular formula is C30H37NO4S. The molecule has 0 spiro atoms. The maximum absolute atomic E-state index is 11.3. The summed E-state index contributed by atoms with van der Waals surface area (Å²) in [6, 6.07) is 4.07. The Labute approximate surface area is 219 Å². The highest BCUT2D eigenvalue weighted by Gasteiger charge is 2.36. The Morgan fingerprint density at radius 2 is 1.75 bits per heavy atom. The molecule has 2 aromatic rings. The van der Waals surface area contributed by atoms with E-state index in [-0.39, 0.29) is 0 Å². The zero-order chi connectivity index (χ0) is 26.6. The van der Waals surface area contributed by atoms with Gasteiger partial charge >= 0.3 is 0 Å². The van der Waals surface area contributed by atoms with Crippen LogP contribution in [0.25, 0.3) is 6.08 Å². The van der Waals surface area contributed by atoms with Gasteiger partial charge in [0.1, 0.15) is 36.1 Å². The van der Waals surface area contributed by atoms with E-state index in [9.17, 15) is 4.79 Å². The highest BCUT2D eigenvalue weighted by Crippen LogP contribution is 2.44. The highest BCUT2D eigenvalue weighted by atomic mass is 32.2. The second-order valence-corrected chi connectivity index (χ2v) is 10.7. The molecule has 0 saturated carbocycles. The molecule has 0 radical (unpaired) electrons. The first-order chi connectivity index (χ1) is 17.0. The number of allylic oxidation sites excluding steroid dienone is 1. The van der Waals surface area contributed by atoms with Gasteiger partial charge in [-0.05, 0) is 118 Å². The molecule has 0 saturated heterocycles. The summed E-state index contributed by atoms with van der Waals surface area (Å²) in [7, 11) is 0. The number of carbonyl (C=O) groups excluding carboxylic acids is 1. The standard InChI is InChI=1S/C30H37NO4S/c1-9-13-33-27-20(5)21(6)28-25(22(27)7)11-12-30(8,35-28)17-34-26-18(3)14-23(15-19(26)4)16-24(10-2)36-29(31)32/h9-10,14-16H,1-2,11-13,17H2,3-8H3,(H2,31,32)/b24-16-. The number of amides is 1. The number of aryl methyl sites for hydroxylation is 2. The summed E-state index contributed by atoms with van der Waals surface area (Å²) in [6.45, 7) is 20.9. The average Bonchev–Trinajstić information content (AvgIpc) is 2.81. The number of fused-ring (bicyclic) bond motifs is 1. The van der Waals surface area contributed by atoms with Crippen molar-refractivity contribution in [3.8, 4) is 17.2 Å². The summed E-state index contributed by atoms with van der Waals surface area (Å²) in [5, 5.41) is -0.460. The minimum absolute atomic E-state index is 0.436. The Morgan fingerprint density at radius 1 is 1.08 bits per heavy atom. The van der Waals surface area contributed by atoms with Crippen molar-refractivity contribution in [1.82, 2.24) is 0 Å². The Hall–Kier alpha value is -3.12. The largest absolute Gasteiger partial charge is 0.489 e. The monoisotopic (exact) mass is 507 g/mol. The van der Waals surface area contributed by atoms with Crippen LogP contribution in [0, 0.1) is 34.6 Å². The van der Waals surface area contributed by atoms with Crippen molar-refractivity contribution in [3.05, 3.63) is 81.3 Å². The van der Waals surface area contributed by atoms with E-state index in [1.54, 1.807) is 12.2 Å². The molecule has 1 heterocycles. The van der Waals surface area contributed by atoms with Crippen LogP contribution in [0.3, 0.4) is 0 Å². The van der Waals surface area contributed by atoms with Crippen molar-refractivity contribution >= 4 is 23.1 Å². The van der Waals surface area contributed by atoms with Crippen LogP contribution in [-0.4, -0.2) is 24.1 Å². The average molecular weight is 508 g/mol. The van der Waals surface area contributed by atoms with Crippen molar-refractivity contribution < 1.29 is 19.0 Å². The van der Waals surface area contributed by atoms with Crippen molar-refractivity contribution in [2.75, 3.05) is 13.2 Å². The van der Waals surface area contributed by atoms with E-state index in [0.717, 1.165) is 75.2 Å². The molecule has 1 amide bonds. The molecule has 3 rings (SSSR count). The second-order valence-electron chi connectivity index (χ2n) is 9.61. The van der Waals surface area contributed by atoms with Gasteiger partial charge in [0.15, 0.2) is 0 Å². The van der Waals surface area contributed by atoms with Gasteiger partial charge in [-0.2, -0.15) is 0 Å². The first-order valence-corrected chi connectivity index (χ1v) is 12.9. The second kappa shape index (κ2) is 11.3. The third kappa shape index (κ3) is 5.98. The van der Waals surface area contributed by atoms with Crippen LogP contribution >= 0.6 is 11.8 Å². The van der Waals surface area contributed by atoms with Crippen LogP contribution in [0.5, 0.6) is 17.2 Å². The lowest BCUT2D eigenvalue weighted by molar-refractivity contribution is 0.0162. The number of nitrogens with two attached hydrogens (primary N) is 1. The van der Waals surface area contributed by atoms with Crippen molar-refractivity contribution in [1.29, 1.82) is 0 Å². The number of rotatable bonds is 9. The van der Waals surface area contributed by atoms with Gasteiger partial charge < -0.3 is 19.9 Å². The van der Waals surface area contributed by atoms with E-state index in [1.165, 1.54) is 5.56 Å². The Morgan fingerprint density at radius 3 is 2.33 bits per heavy atom. The quantitative estimate of drug-likeness (QED) is 0.285. The number of hydrogen-bond donors (Lipinski definition) is 1. The molecule has 0 aliphatic carbocycles. The number of thioether (sulfide) groups is 1. The van der Waals surface area contributed by atoms with Crippen LogP contribution in [-0.2, 0) is 6.42 Å². The molecule has 1 atom stereocenters. The SMILES string of the molecule is C=CCOc1c(C)c(C)c2c(c1C)CCC(C)(COc1c(C)cc(/C=C(/C=C)SC(N)=O)cc1C)O2. The smallest absolute Gasteiger partial charge is 0.281 e. The zero-order valence-electron chi connectivity index (χ0n) is 22.2. The van der Waals surface area contributed by atoms with Gasteiger partial charge in [-0.1, -0.05) is 25.3 Å². The predicted molar refractivity (Wildman–Crippen MR) is 150 cm³/mol. The summed E-state index contributed by atoms with van der Waals surface area (Å²) in [6.07, 6.45) is 7.04. The van der Waals surface area contributed by atoms with Crippen molar-refractivity contribution in [2.45, 2.75) is 60.0 Å². The third-order valence-corrected chi connectivity index (χ3v) is 7.36. The van der Waals surface area contributed by atoms with Gasteiger partial charge in [0.25, 0.3) is 5.24 Å². The minimum atomic E-state index is -0.460. The first kappa shape index (κ1) is 27.5. The Kier molecular flexibility index (Phi) is 8.62. The third-order valence-electron chi connectivity index (χ3n) is 6.64. The molecule has 192 valence electrons. The molecule has 1 unspecified atom stereocenters. The summed E-state index contributed by atoms with van der Waals surface area (Å²) < 4.78 is 19.0. The fourth-order valence-corrected chi connectivity index (χ4v) is 5.18. The molecule has 6 heteroatoms. The molecule has 0 bridgehead atoms. The molecule has 0 aromatic heterocycles. The van der Waals surface area contributed by atoms with E-state index in [4.69, 9.17) is 19.9 Å². The zero-order valence-corrected chi connectivity index (χ0v) is 23.1. The van der Waals surface area contributed by atoms with Crippen molar-refractivity contribution in [3.63, 3.8) is 0 Å². The number of primary amides is 1. The van der Waals surface area contributed by atoms with E-state index in [1.807, 2.05) is 32.1 Å². The maximum atomic E-state index is 11.3. The van der Waals surface area contributed by atoms with Gasteiger partial charge in [-0.25, -0.2) is 0 Å².